The Morgan fingerprint density at radius 1 is 1.10 bits per heavy atom. The van der Waals surface area contributed by atoms with Crippen LogP contribution in [0.2, 0.25) is 0 Å². The van der Waals surface area contributed by atoms with E-state index in [9.17, 15) is 36.8 Å². The molecule has 51 heavy (non-hydrogen) atoms. The van der Waals surface area contributed by atoms with Crippen molar-refractivity contribution in [2.24, 2.45) is 11.3 Å². The van der Waals surface area contributed by atoms with Crippen LogP contribution < -0.4 is 10.0 Å². The highest BCUT2D eigenvalue weighted by atomic mass is 32.2. The Bertz CT molecular complexity index is 1840. The molecule has 5 atom stereocenters. The Morgan fingerprint density at radius 3 is 2.61 bits per heavy atom. The number of allylic oxidation sites excluding steroid dienone is 2. The SMILES string of the molecule is [2H]C([2H])([2H])C(C)(C)OC(=O)N[C@H]1CCCCC/C=C\[C@H]2C[C@@]2(C(=O)NS(=O)(=O)C2CC2)CC(=O)[C@@H]2C[C@@H](OC(=O)N3Cc4cccc(F)c4C3)CN2C1=O. The number of carbonyl (C=O) groups excluding carboxylic acids is 5. The highest BCUT2D eigenvalue weighted by Crippen LogP contribution is 2.57. The summed E-state index contributed by atoms with van der Waals surface area (Å²) in [4.78, 5) is 71.3. The van der Waals surface area contributed by atoms with Gasteiger partial charge in [0.15, 0.2) is 5.78 Å². The quantitative estimate of drug-likeness (QED) is 0.421. The molecule has 1 saturated heterocycles. The van der Waals surface area contributed by atoms with Gasteiger partial charge in [-0.3, -0.25) is 24.0 Å². The van der Waals surface area contributed by atoms with E-state index in [2.05, 4.69) is 10.0 Å². The van der Waals surface area contributed by atoms with Gasteiger partial charge in [-0.1, -0.05) is 37.1 Å². The molecular weight excluding hydrogens is 683 g/mol. The third-order valence-corrected chi connectivity index (χ3v) is 12.1. The lowest BCUT2D eigenvalue weighted by molar-refractivity contribution is -0.140. The third-order valence-electron chi connectivity index (χ3n) is 10.3. The zero-order chi connectivity index (χ0) is 39.2. The number of nitrogens with one attached hydrogen (secondary N) is 2. The lowest BCUT2D eigenvalue weighted by Crippen LogP contribution is -2.53. The number of nitrogens with zero attached hydrogens (tertiary/aromatic N) is 2. The number of alkyl carbamates (subject to hydrolysis) is 1. The number of ether oxygens (including phenoxy) is 2. The number of rotatable bonds is 5. The lowest BCUT2D eigenvalue weighted by Gasteiger charge is -2.30. The number of hydrogen-bond donors (Lipinski definition) is 2. The summed E-state index contributed by atoms with van der Waals surface area (Å²) in [5, 5.41) is 1.84. The summed E-state index contributed by atoms with van der Waals surface area (Å²) in [6, 6.07) is 2.08. The molecule has 3 heterocycles. The molecule has 15 heteroatoms. The summed E-state index contributed by atoms with van der Waals surface area (Å²) >= 11 is 0. The van der Waals surface area contributed by atoms with Gasteiger partial charge in [-0.15, -0.1) is 0 Å². The molecule has 3 aliphatic heterocycles. The first-order chi connectivity index (χ1) is 25.3. The number of fused-ring (bicyclic) bond motifs is 3. The Kier molecular flexibility index (Phi) is 9.15. The van der Waals surface area contributed by atoms with Crippen molar-refractivity contribution in [2.45, 2.75) is 127 Å². The van der Waals surface area contributed by atoms with Gasteiger partial charge >= 0.3 is 12.2 Å². The van der Waals surface area contributed by atoms with E-state index in [1.807, 2.05) is 12.2 Å². The highest BCUT2D eigenvalue weighted by Gasteiger charge is 2.61. The Balaban J connectivity index is 1.25. The number of ketones is 1. The fraction of sp³-hybridized carbons (Fsp3) is 0.639. The van der Waals surface area contributed by atoms with Crippen LogP contribution >= 0.6 is 0 Å². The molecule has 2 saturated carbocycles. The van der Waals surface area contributed by atoms with Gasteiger partial charge in [-0.25, -0.2) is 22.4 Å². The number of hydrogen-bond acceptors (Lipinski definition) is 9. The number of sulfonamides is 1. The summed E-state index contributed by atoms with van der Waals surface area (Å²) in [6.07, 6.45) is 3.93. The average Bonchev–Trinajstić information content (AvgIpc) is 3.96. The van der Waals surface area contributed by atoms with E-state index in [1.54, 1.807) is 12.1 Å². The van der Waals surface area contributed by atoms with Crippen molar-refractivity contribution >= 4 is 39.8 Å². The molecular formula is C36H47FN4O9S. The van der Waals surface area contributed by atoms with E-state index in [4.69, 9.17) is 13.6 Å². The fourth-order valence-corrected chi connectivity index (χ4v) is 8.70. The predicted molar refractivity (Wildman–Crippen MR) is 182 cm³/mol. The van der Waals surface area contributed by atoms with Crippen LogP contribution in [0.25, 0.3) is 0 Å². The standard InChI is InChI=1S/C36H47FN4O9S/c1-35(2,3)50-33(45)38-28-13-8-6-4-5-7-11-23-17-36(23,32(44)39-51(47,48)25-14-15-25)18-30(42)29-16-24(20-41(29)31(28)43)49-34(46)40-19-22-10-9-12-27(37)26(22)21-40/h7,9-12,23-25,28-29H,4-6,8,13-21H2,1-3H3,(H,38,45)(H,39,44)/b11-7-/t23-,24+,28-,29-,36+/m0/s1/i1D3. The molecule has 0 aromatic heterocycles. The van der Waals surface area contributed by atoms with Crippen molar-refractivity contribution in [1.29, 1.82) is 0 Å². The molecule has 5 aliphatic rings. The topological polar surface area (TPSA) is 168 Å². The number of amides is 4. The summed E-state index contributed by atoms with van der Waals surface area (Å²) in [7, 11) is -3.92. The minimum absolute atomic E-state index is 0.0322. The molecule has 0 bridgehead atoms. The fourth-order valence-electron chi connectivity index (χ4n) is 7.32. The molecule has 0 unspecified atom stereocenters. The second-order valence-electron chi connectivity index (χ2n) is 14.9. The lowest BCUT2D eigenvalue weighted by atomic mass is 9.91. The van der Waals surface area contributed by atoms with E-state index >= 15 is 0 Å². The Morgan fingerprint density at radius 2 is 1.88 bits per heavy atom. The second kappa shape index (κ2) is 14.2. The molecule has 6 rings (SSSR count). The smallest absolute Gasteiger partial charge is 0.410 e. The van der Waals surface area contributed by atoms with Gasteiger partial charge in [-0.05, 0) is 76.8 Å². The van der Waals surface area contributed by atoms with E-state index in [0.29, 0.717) is 49.7 Å². The zero-order valence-electron chi connectivity index (χ0n) is 31.8. The molecule has 2 aliphatic carbocycles. The van der Waals surface area contributed by atoms with Gasteiger partial charge in [0.1, 0.15) is 23.6 Å². The normalized spacial score (nSPS) is 30.2. The maximum absolute atomic E-state index is 14.4. The third kappa shape index (κ3) is 8.39. The number of benzene rings is 1. The highest BCUT2D eigenvalue weighted by molar-refractivity contribution is 7.90. The average molecular weight is 734 g/mol. The van der Waals surface area contributed by atoms with Crippen molar-refractivity contribution in [1.82, 2.24) is 19.8 Å². The Hall–Kier alpha value is -4.01. The van der Waals surface area contributed by atoms with Gasteiger partial charge < -0.3 is 19.7 Å². The minimum Gasteiger partial charge on any atom is -0.444 e. The van der Waals surface area contributed by atoms with Crippen molar-refractivity contribution < 1.29 is 50.4 Å². The zero-order valence-corrected chi connectivity index (χ0v) is 29.6. The molecule has 4 amide bonds. The van der Waals surface area contributed by atoms with Gasteiger partial charge in [0.05, 0.1) is 29.8 Å². The molecule has 1 aromatic rings. The maximum Gasteiger partial charge on any atom is 0.410 e. The van der Waals surface area contributed by atoms with Crippen molar-refractivity contribution in [3.8, 4) is 0 Å². The molecule has 0 radical (unpaired) electrons. The van der Waals surface area contributed by atoms with E-state index < -0.39 is 99.3 Å². The van der Waals surface area contributed by atoms with Crippen LogP contribution in [0.3, 0.4) is 0 Å². The van der Waals surface area contributed by atoms with Crippen molar-refractivity contribution in [3.63, 3.8) is 0 Å². The number of Topliss-reactive ketones (excluding diaryl/α,β-unsaturated/α-hetero) is 1. The van der Waals surface area contributed by atoms with Crippen LogP contribution in [0.4, 0.5) is 14.0 Å². The van der Waals surface area contributed by atoms with Crippen LogP contribution in [-0.4, -0.2) is 83.6 Å². The second-order valence-corrected chi connectivity index (χ2v) is 16.9. The molecule has 1 aromatic carbocycles. The number of carbonyl (C=O) groups is 5. The summed E-state index contributed by atoms with van der Waals surface area (Å²) in [5.74, 6) is -2.89. The molecule has 0 spiro atoms. The van der Waals surface area contributed by atoms with Crippen LogP contribution in [0, 0.1) is 17.2 Å². The first-order valence-electron chi connectivity index (χ1n) is 19.1. The molecule has 13 nitrogen and oxygen atoms in total. The van der Waals surface area contributed by atoms with Gasteiger partial charge in [0.2, 0.25) is 21.8 Å². The summed E-state index contributed by atoms with van der Waals surface area (Å²) in [5.41, 5.74) is -2.27. The first-order valence-corrected chi connectivity index (χ1v) is 19.1. The Labute approximate surface area is 301 Å². The summed E-state index contributed by atoms with van der Waals surface area (Å²) in [6.45, 7) is -0.408. The largest absolute Gasteiger partial charge is 0.444 e. The van der Waals surface area contributed by atoms with Crippen LogP contribution in [0.15, 0.2) is 30.4 Å². The van der Waals surface area contributed by atoms with Crippen molar-refractivity contribution in [3.05, 3.63) is 47.3 Å². The first kappa shape index (κ1) is 32.9. The molecule has 3 fully saturated rings. The van der Waals surface area contributed by atoms with Crippen LogP contribution in [0.5, 0.6) is 0 Å². The van der Waals surface area contributed by atoms with Crippen LogP contribution in [-0.2, 0) is 47.0 Å². The predicted octanol–water partition coefficient (Wildman–Crippen LogP) is 4.23. The van der Waals surface area contributed by atoms with Gasteiger partial charge in [0, 0.05) is 29.1 Å². The monoisotopic (exact) mass is 733 g/mol. The number of halogens is 1. The minimum atomic E-state index is -3.92. The van der Waals surface area contributed by atoms with Gasteiger partial charge in [-0.2, -0.15) is 0 Å². The van der Waals surface area contributed by atoms with Crippen molar-refractivity contribution in [2.75, 3.05) is 6.54 Å². The molecule has 2 N–H and O–H groups in total. The van der Waals surface area contributed by atoms with Gasteiger partial charge in [0.25, 0.3) is 0 Å². The van der Waals surface area contributed by atoms with E-state index in [-0.39, 0.29) is 38.9 Å². The van der Waals surface area contributed by atoms with Crippen LogP contribution in [0.1, 0.15) is 100 Å². The summed E-state index contributed by atoms with van der Waals surface area (Å²) < 4.78 is 76.5. The maximum atomic E-state index is 14.4. The van der Waals surface area contributed by atoms with E-state index in [0.717, 1.165) is 0 Å². The molecule has 278 valence electrons. The van der Waals surface area contributed by atoms with E-state index in [1.165, 1.54) is 29.7 Å².